The Labute approximate surface area is 153 Å². The van der Waals surface area contributed by atoms with Gasteiger partial charge in [-0.1, -0.05) is 0 Å². The molecule has 1 saturated heterocycles. The largest absolute Gasteiger partial charge is 0.473 e. The third kappa shape index (κ3) is 3.62. The molecule has 5 nitrogen and oxygen atoms in total. The molecule has 3 aromatic rings. The van der Waals surface area contributed by atoms with Crippen molar-refractivity contribution in [2.45, 2.75) is 19.4 Å². The summed E-state index contributed by atoms with van der Waals surface area (Å²) in [7, 11) is 0. The van der Waals surface area contributed by atoms with Gasteiger partial charge < -0.3 is 10.1 Å². The van der Waals surface area contributed by atoms with Crippen LogP contribution in [0, 0.1) is 6.92 Å². The molecule has 0 unspecified atom stereocenters. The number of nitrogens with zero attached hydrogens (tertiary/aromatic N) is 2. The maximum absolute atomic E-state index is 12.7. The first-order valence-corrected chi connectivity index (χ1v) is 10.0. The van der Waals surface area contributed by atoms with Crippen LogP contribution in [0.2, 0.25) is 0 Å². The second-order valence-corrected chi connectivity index (χ2v) is 8.21. The van der Waals surface area contributed by atoms with Gasteiger partial charge in [-0.15, -0.1) is 11.3 Å². The van der Waals surface area contributed by atoms with Crippen molar-refractivity contribution in [2.75, 3.05) is 16.8 Å². The highest BCUT2D eigenvalue weighted by Crippen LogP contribution is 2.27. The number of nitrogens with one attached hydrogen (secondary N) is 1. The lowest BCUT2D eigenvalue weighted by Gasteiger charge is -2.14. The average Bonchev–Trinajstić information content (AvgIpc) is 3.23. The number of aromatic nitrogens is 2. The molecule has 0 bridgehead atoms. The Morgan fingerprint density at radius 2 is 2.28 bits per heavy atom. The molecule has 128 valence electrons. The number of anilines is 1. The molecule has 1 atom stereocenters. The molecule has 3 heterocycles. The Hall–Kier alpha value is -2.12. The molecule has 25 heavy (non-hydrogen) atoms. The summed E-state index contributed by atoms with van der Waals surface area (Å²) in [5, 5.41) is 3.94. The zero-order valence-electron chi connectivity index (χ0n) is 13.7. The third-order valence-corrected chi connectivity index (χ3v) is 6.02. The molecule has 0 spiro atoms. The van der Waals surface area contributed by atoms with Crippen molar-refractivity contribution in [3.63, 3.8) is 0 Å². The highest BCUT2D eigenvalue weighted by Gasteiger charge is 2.21. The van der Waals surface area contributed by atoms with Gasteiger partial charge in [0.1, 0.15) is 11.7 Å². The molecule has 0 radical (unpaired) electrons. The molecule has 1 aromatic carbocycles. The molecule has 2 aromatic heterocycles. The van der Waals surface area contributed by atoms with E-state index in [0.29, 0.717) is 17.1 Å². The summed E-state index contributed by atoms with van der Waals surface area (Å²) in [5.74, 6) is 2.21. The summed E-state index contributed by atoms with van der Waals surface area (Å²) in [4.78, 5) is 21.4. The van der Waals surface area contributed by atoms with E-state index in [1.807, 2.05) is 36.9 Å². The van der Waals surface area contributed by atoms with Gasteiger partial charge in [0, 0.05) is 17.6 Å². The smallest absolute Gasteiger partial charge is 0.261 e. The molecule has 1 amide bonds. The van der Waals surface area contributed by atoms with Crippen LogP contribution >= 0.6 is 23.1 Å². The fourth-order valence-electron chi connectivity index (χ4n) is 2.74. The number of hydrogen-bond acceptors (Lipinski definition) is 6. The zero-order chi connectivity index (χ0) is 17.2. The van der Waals surface area contributed by atoms with E-state index < -0.39 is 0 Å². The third-order valence-electron chi connectivity index (χ3n) is 3.93. The summed E-state index contributed by atoms with van der Waals surface area (Å²) in [5.41, 5.74) is 2.06. The number of amides is 1. The van der Waals surface area contributed by atoms with Crippen molar-refractivity contribution >= 4 is 44.9 Å². The molecular weight excluding hydrogens is 354 g/mol. The first-order chi connectivity index (χ1) is 12.2. The molecule has 1 N–H and O–H groups in total. The van der Waals surface area contributed by atoms with Crippen LogP contribution < -0.4 is 10.1 Å². The summed E-state index contributed by atoms with van der Waals surface area (Å²) >= 11 is 3.50. The van der Waals surface area contributed by atoms with Crippen molar-refractivity contribution in [1.82, 2.24) is 9.97 Å². The lowest BCUT2D eigenvalue weighted by atomic mass is 10.2. The number of ether oxygens (including phenoxy) is 1. The predicted octanol–water partition coefficient (Wildman–Crippen LogP) is 4.14. The van der Waals surface area contributed by atoms with E-state index in [4.69, 9.17) is 4.74 Å². The zero-order valence-corrected chi connectivity index (χ0v) is 15.3. The van der Waals surface area contributed by atoms with Gasteiger partial charge >= 0.3 is 0 Å². The highest BCUT2D eigenvalue weighted by molar-refractivity contribution is 7.99. The molecule has 4 rings (SSSR count). The summed E-state index contributed by atoms with van der Waals surface area (Å²) < 4.78 is 7.05. The van der Waals surface area contributed by atoms with E-state index in [1.165, 1.54) is 0 Å². The highest BCUT2D eigenvalue weighted by atomic mass is 32.2. The maximum atomic E-state index is 12.7. The number of benzene rings is 1. The number of carbonyl (C=O) groups excluding carboxylic acids is 1. The number of rotatable bonds is 4. The quantitative estimate of drug-likeness (QED) is 0.747. The number of hydrogen-bond donors (Lipinski definition) is 1. The van der Waals surface area contributed by atoms with Gasteiger partial charge in [0.15, 0.2) is 0 Å². The number of fused-ring (bicyclic) bond motifs is 1. The molecular formula is C18H17N3O2S2. The molecule has 1 aliphatic rings. The number of thioether (sulfide) groups is 1. The topological polar surface area (TPSA) is 64.1 Å². The minimum Gasteiger partial charge on any atom is -0.473 e. The monoisotopic (exact) mass is 371 g/mol. The molecule has 0 saturated carbocycles. The maximum Gasteiger partial charge on any atom is 0.261 e. The lowest BCUT2D eigenvalue weighted by Crippen LogP contribution is -2.20. The van der Waals surface area contributed by atoms with E-state index >= 15 is 0 Å². The molecule has 7 heteroatoms. The summed E-state index contributed by atoms with van der Waals surface area (Å²) in [6.07, 6.45) is 2.77. The van der Waals surface area contributed by atoms with E-state index in [-0.39, 0.29) is 12.0 Å². The Kier molecular flexibility index (Phi) is 4.59. The van der Waals surface area contributed by atoms with E-state index in [1.54, 1.807) is 29.7 Å². The van der Waals surface area contributed by atoms with Crippen molar-refractivity contribution < 1.29 is 9.53 Å². The lowest BCUT2D eigenvalue weighted by molar-refractivity contribution is 0.101. The summed E-state index contributed by atoms with van der Waals surface area (Å²) in [6.45, 7) is 1.98. The van der Waals surface area contributed by atoms with Crippen LogP contribution in [0.15, 0.2) is 36.5 Å². The second kappa shape index (κ2) is 7.01. The fraction of sp³-hybridized carbons (Fsp3) is 0.278. The minimum absolute atomic E-state index is 0.126. The van der Waals surface area contributed by atoms with E-state index in [2.05, 4.69) is 15.3 Å². The number of aryl methyl sites for hydroxylation is 1. The van der Waals surface area contributed by atoms with Gasteiger partial charge in [-0.25, -0.2) is 9.97 Å². The molecule has 1 fully saturated rings. The Morgan fingerprint density at radius 3 is 3.12 bits per heavy atom. The average molecular weight is 371 g/mol. The molecule has 0 aliphatic carbocycles. The van der Waals surface area contributed by atoms with Crippen LogP contribution in [0.4, 0.5) is 5.69 Å². The van der Waals surface area contributed by atoms with E-state index in [0.717, 1.165) is 33.2 Å². The van der Waals surface area contributed by atoms with Crippen LogP contribution in [0.5, 0.6) is 5.88 Å². The SMILES string of the molecule is Cc1nc2cc(NC(=O)c3cccnc3O[C@@H]3CCSC3)ccc2s1. The summed E-state index contributed by atoms with van der Waals surface area (Å²) in [6, 6.07) is 9.25. The first-order valence-electron chi connectivity index (χ1n) is 8.07. The van der Waals surface area contributed by atoms with Crippen molar-refractivity contribution in [3.05, 3.63) is 47.1 Å². The van der Waals surface area contributed by atoms with Gasteiger partial charge in [0.2, 0.25) is 5.88 Å². The van der Waals surface area contributed by atoms with Crippen LogP contribution in [-0.2, 0) is 0 Å². The van der Waals surface area contributed by atoms with Crippen LogP contribution in [0.1, 0.15) is 21.8 Å². The van der Waals surface area contributed by atoms with Crippen LogP contribution in [0.3, 0.4) is 0 Å². The minimum atomic E-state index is -0.222. The number of carbonyl (C=O) groups is 1. The van der Waals surface area contributed by atoms with Gasteiger partial charge in [0.25, 0.3) is 5.91 Å². The molecule has 1 aliphatic heterocycles. The fourth-order valence-corrected chi connectivity index (χ4v) is 4.64. The van der Waals surface area contributed by atoms with Gasteiger partial charge in [-0.3, -0.25) is 4.79 Å². The van der Waals surface area contributed by atoms with Crippen molar-refractivity contribution in [3.8, 4) is 5.88 Å². The number of thiazole rings is 1. The first kappa shape index (κ1) is 16.4. The second-order valence-electron chi connectivity index (χ2n) is 5.83. The van der Waals surface area contributed by atoms with Gasteiger partial charge in [-0.05, 0) is 49.4 Å². The van der Waals surface area contributed by atoms with Crippen molar-refractivity contribution in [1.29, 1.82) is 0 Å². The Morgan fingerprint density at radius 1 is 1.36 bits per heavy atom. The van der Waals surface area contributed by atoms with Gasteiger partial charge in [-0.2, -0.15) is 11.8 Å². The normalized spacial score (nSPS) is 16.9. The predicted molar refractivity (Wildman–Crippen MR) is 103 cm³/mol. The van der Waals surface area contributed by atoms with E-state index in [9.17, 15) is 4.79 Å². The van der Waals surface area contributed by atoms with Crippen molar-refractivity contribution in [2.24, 2.45) is 0 Å². The van der Waals surface area contributed by atoms with Crippen LogP contribution in [-0.4, -0.2) is 33.5 Å². The number of pyridine rings is 1. The van der Waals surface area contributed by atoms with Gasteiger partial charge in [0.05, 0.1) is 15.2 Å². The Balaban J connectivity index is 1.55. The standard InChI is InChI=1S/C18H17N3O2S2/c1-11-20-15-9-12(4-5-16(15)25-11)21-17(22)14-3-2-7-19-18(14)23-13-6-8-24-10-13/h2-5,7,9,13H,6,8,10H2,1H3,(H,21,22)/t13-/m1/s1. The Bertz CT molecular complexity index is 920. The van der Waals surface area contributed by atoms with Crippen LogP contribution in [0.25, 0.3) is 10.2 Å².